The number of nitrogens with zero attached hydrogens (tertiary/aromatic N) is 3. The van der Waals surface area contributed by atoms with Crippen molar-refractivity contribution in [3.05, 3.63) is 46.0 Å². The first kappa shape index (κ1) is 20.6. The van der Waals surface area contributed by atoms with E-state index in [9.17, 15) is 14.4 Å². The maximum Gasteiger partial charge on any atom is 0.261 e. The molecule has 4 rings (SSSR count). The molecule has 0 aliphatic carbocycles. The molecular weight excluding hydrogens is 404 g/mol. The predicted molar refractivity (Wildman–Crippen MR) is 113 cm³/mol. The average molecular weight is 429 g/mol. The van der Waals surface area contributed by atoms with Crippen molar-refractivity contribution in [3.8, 4) is 0 Å². The largest absolute Gasteiger partial charge is 0.379 e. The van der Waals surface area contributed by atoms with Crippen molar-refractivity contribution in [2.75, 3.05) is 38.2 Å². The standard InChI is InChI=1S/C21H24N4O4S/c1-14-4-5-16-17(11-14)20(28)25(19(16)27)6-2-3-18(26)23-21-22-15(13-30-21)12-24-7-9-29-10-8-24/h4-5,11,13H,2-3,6-10,12H2,1H3,(H,22,23,26). The second kappa shape index (κ2) is 9.03. The molecule has 9 heteroatoms. The normalized spacial score (nSPS) is 16.8. The minimum Gasteiger partial charge on any atom is -0.379 e. The Bertz CT molecular complexity index is 968. The molecule has 2 aromatic rings. The summed E-state index contributed by atoms with van der Waals surface area (Å²) in [7, 11) is 0. The van der Waals surface area contributed by atoms with Gasteiger partial charge in [-0.25, -0.2) is 4.98 Å². The van der Waals surface area contributed by atoms with Crippen LogP contribution in [0.25, 0.3) is 0 Å². The number of carbonyl (C=O) groups is 3. The third-order valence-corrected chi connectivity index (χ3v) is 6.01. The Kier molecular flexibility index (Phi) is 6.21. The van der Waals surface area contributed by atoms with E-state index in [4.69, 9.17) is 4.74 Å². The van der Waals surface area contributed by atoms with E-state index in [1.54, 1.807) is 12.1 Å². The first-order chi connectivity index (χ1) is 14.5. The summed E-state index contributed by atoms with van der Waals surface area (Å²) >= 11 is 1.40. The highest BCUT2D eigenvalue weighted by molar-refractivity contribution is 7.13. The number of imide groups is 1. The van der Waals surface area contributed by atoms with Crippen LogP contribution in [0.15, 0.2) is 23.6 Å². The van der Waals surface area contributed by atoms with Crippen LogP contribution < -0.4 is 5.32 Å². The number of ether oxygens (including phenoxy) is 1. The molecule has 3 amide bonds. The molecule has 2 aliphatic heterocycles. The molecule has 8 nitrogen and oxygen atoms in total. The topological polar surface area (TPSA) is 91.8 Å². The van der Waals surface area contributed by atoms with Crippen LogP contribution in [0.1, 0.15) is 44.8 Å². The van der Waals surface area contributed by atoms with E-state index in [1.165, 1.54) is 16.2 Å². The van der Waals surface area contributed by atoms with Gasteiger partial charge in [0.25, 0.3) is 11.8 Å². The lowest BCUT2D eigenvalue weighted by atomic mass is 10.1. The van der Waals surface area contributed by atoms with E-state index in [-0.39, 0.29) is 30.7 Å². The monoisotopic (exact) mass is 428 g/mol. The Morgan fingerprint density at radius 1 is 1.20 bits per heavy atom. The number of hydrogen-bond donors (Lipinski definition) is 1. The number of nitrogens with one attached hydrogen (secondary N) is 1. The molecular formula is C21H24N4O4S. The molecule has 1 aromatic carbocycles. The van der Waals surface area contributed by atoms with E-state index in [0.29, 0.717) is 22.7 Å². The van der Waals surface area contributed by atoms with Crippen LogP contribution in [-0.2, 0) is 16.1 Å². The SMILES string of the molecule is Cc1ccc2c(c1)C(=O)N(CCCC(=O)Nc1nc(CN3CCOCC3)cs1)C2=O. The molecule has 30 heavy (non-hydrogen) atoms. The second-order valence-corrected chi connectivity index (χ2v) is 8.35. The Morgan fingerprint density at radius 3 is 2.77 bits per heavy atom. The summed E-state index contributed by atoms with van der Waals surface area (Å²) in [6.07, 6.45) is 0.618. The quantitative estimate of drug-likeness (QED) is 0.681. The first-order valence-corrected chi connectivity index (χ1v) is 10.9. The Balaban J connectivity index is 1.24. The van der Waals surface area contributed by atoms with Gasteiger partial charge in [0, 0.05) is 38.0 Å². The molecule has 0 atom stereocenters. The average Bonchev–Trinajstić information content (AvgIpc) is 3.26. The zero-order chi connectivity index (χ0) is 21.1. The summed E-state index contributed by atoms with van der Waals surface area (Å²) in [6, 6.07) is 5.25. The number of thiazole rings is 1. The van der Waals surface area contributed by atoms with Crippen molar-refractivity contribution in [2.24, 2.45) is 0 Å². The summed E-state index contributed by atoms with van der Waals surface area (Å²) in [6.45, 7) is 6.10. The Labute approximate surface area is 178 Å². The van der Waals surface area contributed by atoms with Gasteiger partial charge in [-0.3, -0.25) is 24.2 Å². The summed E-state index contributed by atoms with van der Waals surface area (Å²) in [5, 5.41) is 5.33. The Hall–Kier alpha value is -2.62. The van der Waals surface area contributed by atoms with Crippen LogP contribution >= 0.6 is 11.3 Å². The molecule has 0 radical (unpaired) electrons. The summed E-state index contributed by atoms with van der Waals surface area (Å²) in [5.74, 6) is -0.746. The van der Waals surface area contributed by atoms with Crippen molar-refractivity contribution in [2.45, 2.75) is 26.3 Å². The zero-order valence-corrected chi connectivity index (χ0v) is 17.7. The lowest BCUT2D eigenvalue weighted by Crippen LogP contribution is -2.35. The van der Waals surface area contributed by atoms with Crippen molar-refractivity contribution < 1.29 is 19.1 Å². The highest BCUT2D eigenvalue weighted by atomic mass is 32.1. The van der Waals surface area contributed by atoms with Gasteiger partial charge in [0.15, 0.2) is 5.13 Å². The van der Waals surface area contributed by atoms with Crippen LogP contribution in [-0.4, -0.2) is 65.4 Å². The van der Waals surface area contributed by atoms with Gasteiger partial charge < -0.3 is 10.1 Å². The molecule has 0 spiro atoms. The predicted octanol–water partition coefficient (Wildman–Crippen LogP) is 2.30. The maximum atomic E-state index is 12.5. The van der Waals surface area contributed by atoms with Crippen molar-refractivity contribution >= 4 is 34.2 Å². The van der Waals surface area contributed by atoms with Gasteiger partial charge in [0.1, 0.15) is 0 Å². The number of carbonyl (C=O) groups excluding carboxylic acids is 3. The summed E-state index contributed by atoms with van der Waals surface area (Å²) in [4.78, 5) is 45.1. The highest BCUT2D eigenvalue weighted by Crippen LogP contribution is 2.24. The number of aromatic nitrogens is 1. The fourth-order valence-corrected chi connectivity index (χ4v) is 4.33. The highest BCUT2D eigenvalue weighted by Gasteiger charge is 2.34. The molecule has 158 valence electrons. The molecule has 1 fully saturated rings. The van der Waals surface area contributed by atoms with Crippen molar-refractivity contribution in [1.29, 1.82) is 0 Å². The molecule has 1 saturated heterocycles. The Morgan fingerprint density at radius 2 is 1.97 bits per heavy atom. The van der Waals surface area contributed by atoms with Crippen molar-refractivity contribution in [1.82, 2.24) is 14.8 Å². The minimum atomic E-state index is -0.289. The van der Waals surface area contributed by atoms with Gasteiger partial charge in [-0.05, 0) is 25.5 Å². The smallest absolute Gasteiger partial charge is 0.261 e. The van der Waals surface area contributed by atoms with Gasteiger partial charge in [-0.15, -0.1) is 11.3 Å². The second-order valence-electron chi connectivity index (χ2n) is 7.50. The molecule has 2 aliphatic rings. The van der Waals surface area contributed by atoms with E-state index < -0.39 is 0 Å². The number of aryl methyl sites for hydroxylation is 1. The van der Waals surface area contributed by atoms with Crippen molar-refractivity contribution in [3.63, 3.8) is 0 Å². The number of morpholine rings is 1. The van der Waals surface area contributed by atoms with Gasteiger partial charge in [0.2, 0.25) is 5.91 Å². The molecule has 0 bridgehead atoms. The zero-order valence-electron chi connectivity index (χ0n) is 16.8. The summed E-state index contributed by atoms with van der Waals surface area (Å²) in [5.41, 5.74) is 2.75. The van der Waals surface area contributed by atoms with Crippen LogP contribution in [0.4, 0.5) is 5.13 Å². The van der Waals surface area contributed by atoms with Crippen LogP contribution in [0.5, 0.6) is 0 Å². The lowest BCUT2D eigenvalue weighted by Gasteiger charge is -2.25. The number of amides is 3. The molecule has 3 heterocycles. The fourth-order valence-electron chi connectivity index (χ4n) is 3.61. The van der Waals surface area contributed by atoms with E-state index in [2.05, 4.69) is 15.2 Å². The maximum absolute atomic E-state index is 12.5. The first-order valence-electron chi connectivity index (χ1n) is 10.0. The van der Waals surface area contributed by atoms with Gasteiger partial charge in [-0.2, -0.15) is 0 Å². The number of rotatable bonds is 7. The van der Waals surface area contributed by atoms with E-state index in [1.807, 2.05) is 18.4 Å². The molecule has 1 N–H and O–H groups in total. The number of benzene rings is 1. The van der Waals surface area contributed by atoms with Gasteiger partial charge >= 0.3 is 0 Å². The fraction of sp³-hybridized carbons (Fsp3) is 0.429. The lowest BCUT2D eigenvalue weighted by molar-refractivity contribution is -0.116. The third kappa shape index (κ3) is 4.58. The number of fused-ring (bicyclic) bond motifs is 1. The third-order valence-electron chi connectivity index (χ3n) is 5.20. The summed E-state index contributed by atoms with van der Waals surface area (Å²) < 4.78 is 5.34. The van der Waals surface area contributed by atoms with Crippen LogP contribution in [0.3, 0.4) is 0 Å². The van der Waals surface area contributed by atoms with E-state index in [0.717, 1.165) is 44.1 Å². The van der Waals surface area contributed by atoms with Gasteiger partial charge in [-0.1, -0.05) is 11.6 Å². The molecule has 0 unspecified atom stereocenters. The van der Waals surface area contributed by atoms with Crippen LogP contribution in [0, 0.1) is 6.92 Å². The molecule has 0 saturated carbocycles. The van der Waals surface area contributed by atoms with Gasteiger partial charge in [0.05, 0.1) is 30.0 Å². The minimum absolute atomic E-state index is 0.172. The van der Waals surface area contributed by atoms with Crippen LogP contribution in [0.2, 0.25) is 0 Å². The van der Waals surface area contributed by atoms with E-state index >= 15 is 0 Å². The number of hydrogen-bond acceptors (Lipinski definition) is 7. The molecule has 1 aromatic heterocycles. The number of anilines is 1.